The first kappa shape index (κ1) is 17.3. The minimum atomic E-state index is -1.09. The minimum absolute atomic E-state index is 0.153. The van der Waals surface area contributed by atoms with Crippen molar-refractivity contribution in [2.75, 3.05) is 13.2 Å². The summed E-state index contributed by atoms with van der Waals surface area (Å²) in [6, 6.07) is 5.73. The molecule has 7 heteroatoms. The number of nitrogens with one attached hydrogen (secondary N) is 1. The molecule has 0 aromatic heterocycles. The lowest BCUT2D eigenvalue weighted by molar-refractivity contribution is -0.151. The third-order valence-corrected chi connectivity index (χ3v) is 3.89. The van der Waals surface area contributed by atoms with Gasteiger partial charge in [-0.15, -0.1) is 0 Å². The average molecular weight is 340 g/mol. The zero-order valence-electron chi connectivity index (χ0n) is 12.9. The van der Waals surface area contributed by atoms with E-state index >= 15 is 0 Å². The van der Waals surface area contributed by atoms with Gasteiger partial charge < -0.3 is 14.8 Å². The summed E-state index contributed by atoms with van der Waals surface area (Å²) in [6.07, 6.45) is 0. The van der Waals surface area contributed by atoms with E-state index in [-0.39, 0.29) is 13.2 Å². The first-order valence-corrected chi connectivity index (χ1v) is 7.76. The van der Waals surface area contributed by atoms with Crippen LogP contribution in [0.1, 0.15) is 25.3 Å². The van der Waals surface area contributed by atoms with E-state index < -0.39 is 35.7 Å². The predicted octanol–water partition coefficient (Wildman–Crippen LogP) is 1.66. The van der Waals surface area contributed by atoms with Crippen LogP contribution in [0.3, 0.4) is 0 Å². The quantitative estimate of drug-likeness (QED) is 0.651. The number of ether oxygens (including phenoxy) is 2. The molecule has 0 aliphatic carbocycles. The molecule has 1 aromatic rings. The number of halogens is 1. The summed E-state index contributed by atoms with van der Waals surface area (Å²) >= 11 is 5.88. The van der Waals surface area contributed by atoms with Crippen molar-refractivity contribution in [2.24, 2.45) is 5.92 Å². The second kappa shape index (κ2) is 7.46. The summed E-state index contributed by atoms with van der Waals surface area (Å²) in [5.74, 6) is -3.56. The van der Waals surface area contributed by atoms with E-state index in [1.807, 2.05) is 0 Å². The van der Waals surface area contributed by atoms with Crippen molar-refractivity contribution in [3.05, 3.63) is 34.9 Å². The van der Waals surface area contributed by atoms with Crippen LogP contribution < -0.4 is 5.32 Å². The number of carbonyl (C=O) groups is 3. The monoisotopic (exact) mass is 339 g/mol. The summed E-state index contributed by atoms with van der Waals surface area (Å²) in [7, 11) is 0. The molecule has 2 rings (SSSR count). The summed E-state index contributed by atoms with van der Waals surface area (Å²) in [5.41, 5.74) is 0.642. The predicted molar refractivity (Wildman–Crippen MR) is 82.9 cm³/mol. The fraction of sp³-hybridized carbons (Fsp3) is 0.438. The SMILES string of the molecule is CCOC(=O)[C@@H]1C(=O)N[C@H](C(=O)OCC)[C@@H]1c1ccc(Cl)cc1. The Labute approximate surface area is 139 Å². The van der Waals surface area contributed by atoms with Crippen LogP contribution in [0, 0.1) is 5.92 Å². The molecule has 0 saturated carbocycles. The van der Waals surface area contributed by atoms with Gasteiger partial charge in [0.15, 0.2) is 0 Å². The van der Waals surface area contributed by atoms with E-state index in [9.17, 15) is 14.4 Å². The Balaban J connectivity index is 2.40. The zero-order chi connectivity index (χ0) is 17.0. The molecular weight excluding hydrogens is 322 g/mol. The van der Waals surface area contributed by atoms with Crippen LogP contribution in [0.25, 0.3) is 0 Å². The summed E-state index contributed by atoms with van der Waals surface area (Å²) in [6.45, 7) is 3.67. The lowest BCUT2D eigenvalue weighted by Gasteiger charge is -2.21. The highest BCUT2D eigenvalue weighted by atomic mass is 35.5. The van der Waals surface area contributed by atoms with Gasteiger partial charge in [-0.25, -0.2) is 4.79 Å². The first-order chi connectivity index (χ1) is 11.0. The standard InChI is InChI=1S/C16H18ClNO5/c1-3-22-15(20)12-11(9-5-7-10(17)8-6-9)13(18-14(12)19)16(21)23-4-2/h5-8,11-13H,3-4H2,1-2H3,(H,18,19)/t11-,12+,13+/m1/s1. The van der Waals surface area contributed by atoms with E-state index in [2.05, 4.69) is 5.32 Å². The molecule has 1 aromatic carbocycles. The van der Waals surface area contributed by atoms with Gasteiger partial charge in [-0.3, -0.25) is 9.59 Å². The molecule has 1 aliphatic heterocycles. The normalized spacial score (nSPS) is 23.3. The topological polar surface area (TPSA) is 81.7 Å². The van der Waals surface area contributed by atoms with E-state index in [1.54, 1.807) is 38.1 Å². The fourth-order valence-corrected chi connectivity index (χ4v) is 2.81. The molecule has 0 radical (unpaired) electrons. The number of hydrogen-bond donors (Lipinski definition) is 1. The van der Waals surface area contributed by atoms with Crippen molar-refractivity contribution in [3.63, 3.8) is 0 Å². The van der Waals surface area contributed by atoms with Crippen LogP contribution in [0.4, 0.5) is 0 Å². The van der Waals surface area contributed by atoms with Crippen LogP contribution >= 0.6 is 11.6 Å². The minimum Gasteiger partial charge on any atom is -0.465 e. The molecule has 1 saturated heterocycles. The lowest BCUT2D eigenvalue weighted by atomic mass is 9.84. The summed E-state index contributed by atoms with van der Waals surface area (Å²) in [4.78, 5) is 36.5. The zero-order valence-corrected chi connectivity index (χ0v) is 13.6. The van der Waals surface area contributed by atoms with Crippen molar-refractivity contribution in [1.29, 1.82) is 0 Å². The summed E-state index contributed by atoms with van der Waals surface area (Å²) < 4.78 is 9.99. The highest BCUT2D eigenvalue weighted by molar-refractivity contribution is 6.30. The van der Waals surface area contributed by atoms with Gasteiger partial charge in [-0.2, -0.15) is 0 Å². The Morgan fingerprint density at radius 2 is 1.65 bits per heavy atom. The molecule has 0 unspecified atom stereocenters. The Morgan fingerprint density at radius 1 is 1.09 bits per heavy atom. The van der Waals surface area contributed by atoms with Gasteiger partial charge in [-0.1, -0.05) is 23.7 Å². The molecule has 23 heavy (non-hydrogen) atoms. The molecule has 6 nitrogen and oxygen atoms in total. The highest BCUT2D eigenvalue weighted by Crippen LogP contribution is 2.35. The first-order valence-electron chi connectivity index (χ1n) is 7.38. The molecule has 0 spiro atoms. The molecular formula is C16H18ClNO5. The van der Waals surface area contributed by atoms with Crippen molar-refractivity contribution in [3.8, 4) is 0 Å². The van der Waals surface area contributed by atoms with Crippen LogP contribution in [-0.2, 0) is 23.9 Å². The van der Waals surface area contributed by atoms with Gasteiger partial charge >= 0.3 is 11.9 Å². The Hall–Kier alpha value is -2.08. The Morgan fingerprint density at radius 3 is 2.22 bits per heavy atom. The van der Waals surface area contributed by atoms with Gasteiger partial charge in [0.05, 0.1) is 13.2 Å². The van der Waals surface area contributed by atoms with Gasteiger partial charge in [0, 0.05) is 10.9 Å². The molecule has 3 atom stereocenters. The van der Waals surface area contributed by atoms with Gasteiger partial charge in [-0.05, 0) is 31.5 Å². The van der Waals surface area contributed by atoms with Crippen LogP contribution in [0.2, 0.25) is 5.02 Å². The van der Waals surface area contributed by atoms with E-state index in [0.717, 1.165) is 0 Å². The van der Waals surface area contributed by atoms with E-state index in [4.69, 9.17) is 21.1 Å². The molecule has 1 heterocycles. The largest absolute Gasteiger partial charge is 0.465 e. The molecule has 0 bridgehead atoms. The number of esters is 2. The smallest absolute Gasteiger partial charge is 0.329 e. The van der Waals surface area contributed by atoms with Crippen LogP contribution in [-0.4, -0.2) is 37.1 Å². The highest BCUT2D eigenvalue weighted by Gasteiger charge is 2.51. The number of carbonyl (C=O) groups excluding carboxylic acids is 3. The van der Waals surface area contributed by atoms with E-state index in [1.165, 1.54) is 0 Å². The molecule has 1 aliphatic rings. The molecule has 124 valence electrons. The lowest BCUT2D eigenvalue weighted by Crippen LogP contribution is -2.37. The number of rotatable bonds is 5. The van der Waals surface area contributed by atoms with Crippen molar-refractivity contribution in [1.82, 2.24) is 5.32 Å². The average Bonchev–Trinajstić information content (AvgIpc) is 2.86. The van der Waals surface area contributed by atoms with Crippen LogP contribution in [0.15, 0.2) is 24.3 Å². The fourth-order valence-electron chi connectivity index (χ4n) is 2.68. The Kier molecular flexibility index (Phi) is 5.60. The third-order valence-electron chi connectivity index (χ3n) is 3.63. The van der Waals surface area contributed by atoms with Crippen LogP contribution in [0.5, 0.6) is 0 Å². The molecule has 1 amide bonds. The van der Waals surface area contributed by atoms with Crippen molar-refractivity contribution < 1.29 is 23.9 Å². The maximum atomic E-state index is 12.2. The molecule has 1 N–H and O–H groups in total. The molecule has 1 fully saturated rings. The van der Waals surface area contributed by atoms with E-state index in [0.29, 0.717) is 10.6 Å². The third kappa shape index (κ3) is 3.64. The maximum absolute atomic E-state index is 12.2. The second-order valence-electron chi connectivity index (χ2n) is 5.05. The van der Waals surface area contributed by atoms with Crippen molar-refractivity contribution in [2.45, 2.75) is 25.8 Å². The number of amides is 1. The maximum Gasteiger partial charge on any atom is 0.329 e. The number of benzene rings is 1. The summed E-state index contributed by atoms with van der Waals surface area (Å²) in [5, 5.41) is 3.06. The number of hydrogen-bond acceptors (Lipinski definition) is 5. The second-order valence-corrected chi connectivity index (χ2v) is 5.48. The van der Waals surface area contributed by atoms with Gasteiger partial charge in [0.1, 0.15) is 12.0 Å². The Bertz CT molecular complexity index is 601. The van der Waals surface area contributed by atoms with Gasteiger partial charge in [0.2, 0.25) is 5.91 Å². The van der Waals surface area contributed by atoms with Crippen molar-refractivity contribution >= 4 is 29.4 Å². The van der Waals surface area contributed by atoms with Gasteiger partial charge in [0.25, 0.3) is 0 Å².